The van der Waals surface area contributed by atoms with Gasteiger partial charge in [0.2, 0.25) is 5.91 Å². The molecule has 6 heteroatoms. The summed E-state index contributed by atoms with van der Waals surface area (Å²) < 4.78 is 1.95. The van der Waals surface area contributed by atoms with E-state index >= 15 is 0 Å². The summed E-state index contributed by atoms with van der Waals surface area (Å²) in [4.78, 5) is 17.8. The molecular formula is C24H35N5O. The van der Waals surface area contributed by atoms with Gasteiger partial charge in [-0.25, -0.2) is 0 Å². The largest absolute Gasteiger partial charge is 0.372 e. The molecule has 0 spiro atoms. The number of nitrogens with one attached hydrogen (secondary N) is 1. The summed E-state index contributed by atoms with van der Waals surface area (Å²) in [5, 5.41) is 7.73. The van der Waals surface area contributed by atoms with Crippen LogP contribution < -0.4 is 10.2 Å². The average Bonchev–Trinajstić information content (AvgIpc) is 3.32. The van der Waals surface area contributed by atoms with Gasteiger partial charge in [-0.2, -0.15) is 5.10 Å². The van der Waals surface area contributed by atoms with Crippen LogP contribution in [-0.4, -0.2) is 46.3 Å². The lowest BCUT2D eigenvalue weighted by Gasteiger charge is -2.30. The molecule has 1 aromatic heterocycles. The van der Waals surface area contributed by atoms with Crippen molar-refractivity contribution in [2.45, 2.75) is 65.0 Å². The fourth-order valence-electron chi connectivity index (χ4n) is 5.14. The van der Waals surface area contributed by atoms with Crippen molar-refractivity contribution in [3.05, 3.63) is 41.2 Å². The molecule has 2 aromatic rings. The molecule has 0 bridgehead atoms. The van der Waals surface area contributed by atoms with E-state index in [4.69, 9.17) is 0 Å². The first-order valence-electron chi connectivity index (χ1n) is 11.4. The molecule has 4 rings (SSSR count). The summed E-state index contributed by atoms with van der Waals surface area (Å²) in [6.45, 7) is 9.43. The molecule has 1 N–H and O–H groups in total. The Morgan fingerprint density at radius 3 is 2.40 bits per heavy atom. The standard InChI is InChI=1S/C24H35N5O/c1-17-23(18(2)27(4)26-17)22-9-8-16-29(22)19(3)24(30)25-20-10-12-21(13-11-20)28-14-6-5-7-15-28/h10-13,19,22H,5-9,14-16H2,1-4H3,(H,25,30). The zero-order valence-electron chi connectivity index (χ0n) is 18.8. The zero-order valence-corrected chi connectivity index (χ0v) is 18.8. The third-order valence-electron chi connectivity index (χ3n) is 6.93. The molecule has 0 aliphatic carbocycles. The van der Waals surface area contributed by atoms with Crippen molar-refractivity contribution >= 4 is 17.3 Å². The van der Waals surface area contributed by atoms with Crippen LogP contribution in [0, 0.1) is 13.8 Å². The number of aromatic nitrogens is 2. The molecule has 162 valence electrons. The summed E-state index contributed by atoms with van der Waals surface area (Å²) in [6, 6.07) is 8.41. The number of hydrogen-bond acceptors (Lipinski definition) is 4. The van der Waals surface area contributed by atoms with Crippen molar-refractivity contribution < 1.29 is 4.79 Å². The minimum atomic E-state index is -0.182. The van der Waals surface area contributed by atoms with Crippen molar-refractivity contribution in [1.82, 2.24) is 14.7 Å². The van der Waals surface area contributed by atoms with E-state index in [2.05, 4.69) is 46.2 Å². The van der Waals surface area contributed by atoms with Gasteiger partial charge in [0.15, 0.2) is 0 Å². The van der Waals surface area contributed by atoms with Gasteiger partial charge in [-0.05, 0) is 83.7 Å². The Morgan fingerprint density at radius 2 is 1.77 bits per heavy atom. The fraction of sp³-hybridized carbons (Fsp3) is 0.583. The van der Waals surface area contributed by atoms with E-state index in [1.807, 2.05) is 30.8 Å². The summed E-state index contributed by atoms with van der Waals surface area (Å²) in [5.41, 5.74) is 5.69. The van der Waals surface area contributed by atoms with E-state index in [-0.39, 0.29) is 18.0 Å². The lowest BCUT2D eigenvalue weighted by atomic mass is 10.0. The van der Waals surface area contributed by atoms with Crippen LogP contribution in [0.25, 0.3) is 0 Å². The van der Waals surface area contributed by atoms with Crippen molar-refractivity contribution in [1.29, 1.82) is 0 Å². The van der Waals surface area contributed by atoms with E-state index < -0.39 is 0 Å². The van der Waals surface area contributed by atoms with Gasteiger partial charge in [0, 0.05) is 48.8 Å². The predicted molar refractivity (Wildman–Crippen MR) is 122 cm³/mol. The van der Waals surface area contributed by atoms with Crippen molar-refractivity contribution in [3.8, 4) is 0 Å². The van der Waals surface area contributed by atoms with Gasteiger partial charge in [0.1, 0.15) is 0 Å². The number of nitrogens with zero attached hydrogens (tertiary/aromatic N) is 4. The first kappa shape index (κ1) is 20.9. The maximum Gasteiger partial charge on any atom is 0.241 e. The van der Waals surface area contributed by atoms with E-state index in [0.29, 0.717) is 0 Å². The Labute approximate surface area is 180 Å². The second-order valence-corrected chi connectivity index (χ2v) is 8.86. The number of likely N-dealkylation sites (tertiary alicyclic amines) is 1. The number of hydrogen-bond donors (Lipinski definition) is 1. The van der Waals surface area contributed by atoms with Gasteiger partial charge in [-0.1, -0.05) is 0 Å². The minimum Gasteiger partial charge on any atom is -0.372 e. The summed E-state index contributed by atoms with van der Waals surface area (Å²) in [7, 11) is 1.99. The summed E-state index contributed by atoms with van der Waals surface area (Å²) >= 11 is 0. The van der Waals surface area contributed by atoms with Crippen molar-refractivity contribution in [2.24, 2.45) is 7.05 Å². The SMILES string of the molecule is Cc1nn(C)c(C)c1C1CCCN1C(C)C(=O)Nc1ccc(N2CCCCC2)cc1. The molecule has 30 heavy (non-hydrogen) atoms. The molecule has 1 aromatic carbocycles. The van der Waals surface area contributed by atoms with E-state index in [0.717, 1.165) is 43.9 Å². The quantitative estimate of drug-likeness (QED) is 0.804. The Bertz CT molecular complexity index is 882. The van der Waals surface area contributed by atoms with Crippen LogP contribution in [0.3, 0.4) is 0 Å². The maximum atomic E-state index is 13.1. The third-order valence-corrected chi connectivity index (χ3v) is 6.93. The maximum absolute atomic E-state index is 13.1. The van der Waals surface area contributed by atoms with Crippen LogP contribution in [0.4, 0.5) is 11.4 Å². The third kappa shape index (κ3) is 4.10. The number of piperidine rings is 1. The monoisotopic (exact) mass is 409 g/mol. The van der Waals surface area contributed by atoms with E-state index in [9.17, 15) is 4.79 Å². The number of carbonyl (C=O) groups is 1. The molecule has 0 radical (unpaired) electrons. The second-order valence-electron chi connectivity index (χ2n) is 8.86. The lowest BCUT2D eigenvalue weighted by Crippen LogP contribution is -2.41. The highest BCUT2D eigenvalue weighted by Gasteiger charge is 2.35. The Kier molecular flexibility index (Phi) is 6.14. The minimum absolute atomic E-state index is 0.0619. The van der Waals surface area contributed by atoms with Crippen LogP contribution >= 0.6 is 0 Å². The molecule has 0 saturated carbocycles. The molecule has 2 fully saturated rings. The molecule has 6 nitrogen and oxygen atoms in total. The first-order valence-corrected chi connectivity index (χ1v) is 11.4. The topological polar surface area (TPSA) is 53.4 Å². The Hall–Kier alpha value is -2.34. The molecule has 2 unspecified atom stereocenters. The normalized spacial score (nSPS) is 21.1. The molecule has 2 aliphatic rings. The average molecular weight is 410 g/mol. The first-order chi connectivity index (χ1) is 14.5. The van der Waals surface area contributed by atoms with Gasteiger partial charge >= 0.3 is 0 Å². The summed E-state index contributed by atoms with van der Waals surface area (Å²) in [5.74, 6) is 0.0619. The highest BCUT2D eigenvalue weighted by molar-refractivity contribution is 5.94. The molecule has 2 aliphatic heterocycles. The van der Waals surface area contributed by atoms with E-state index in [1.54, 1.807) is 0 Å². The second kappa shape index (κ2) is 8.80. The number of benzene rings is 1. The van der Waals surface area contributed by atoms with Crippen molar-refractivity contribution in [3.63, 3.8) is 0 Å². The van der Waals surface area contributed by atoms with Crippen LogP contribution in [0.1, 0.15) is 62.0 Å². The van der Waals surface area contributed by atoms with E-state index in [1.165, 1.54) is 36.2 Å². The number of anilines is 2. The van der Waals surface area contributed by atoms with Gasteiger partial charge in [-0.15, -0.1) is 0 Å². The Balaban J connectivity index is 1.42. The molecule has 2 atom stereocenters. The van der Waals surface area contributed by atoms with Gasteiger partial charge in [0.05, 0.1) is 11.7 Å². The number of carbonyl (C=O) groups excluding carboxylic acids is 1. The Morgan fingerprint density at radius 1 is 1.07 bits per heavy atom. The highest BCUT2D eigenvalue weighted by atomic mass is 16.2. The molecule has 2 saturated heterocycles. The van der Waals surface area contributed by atoms with Crippen LogP contribution in [0.5, 0.6) is 0 Å². The molecular weight excluding hydrogens is 374 g/mol. The number of amides is 1. The zero-order chi connectivity index (χ0) is 21.3. The van der Waals surface area contributed by atoms with Crippen LogP contribution in [0.15, 0.2) is 24.3 Å². The smallest absolute Gasteiger partial charge is 0.241 e. The lowest BCUT2D eigenvalue weighted by molar-refractivity contribution is -0.121. The van der Waals surface area contributed by atoms with Crippen LogP contribution in [-0.2, 0) is 11.8 Å². The fourth-order valence-corrected chi connectivity index (χ4v) is 5.14. The van der Waals surface area contributed by atoms with Gasteiger partial charge < -0.3 is 10.2 Å². The van der Waals surface area contributed by atoms with Crippen molar-refractivity contribution in [2.75, 3.05) is 29.9 Å². The van der Waals surface area contributed by atoms with Gasteiger partial charge in [-0.3, -0.25) is 14.4 Å². The van der Waals surface area contributed by atoms with Gasteiger partial charge in [0.25, 0.3) is 0 Å². The highest BCUT2D eigenvalue weighted by Crippen LogP contribution is 2.37. The van der Waals surface area contributed by atoms with Crippen LogP contribution in [0.2, 0.25) is 0 Å². The predicted octanol–water partition coefficient (Wildman–Crippen LogP) is 4.19. The molecule has 3 heterocycles. The summed E-state index contributed by atoms with van der Waals surface area (Å²) in [6.07, 6.45) is 6.06. The number of aryl methyl sites for hydroxylation is 2. The number of rotatable bonds is 5. The molecule has 1 amide bonds.